The number of hydrogen-bond donors (Lipinski definition) is 1. The largest absolute Gasteiger partial charge is 0.416 e. The van der Waals surface area contributed by atoms with Gasteiger partial charge in [-0.25, -0.2) is 14.1 Å². The molecule has 0 aliphatic heterocycles. The third-order valence-electron chi connectivity index (χ3n) is 4.48. The monoisotopic (exact) mass is 431 g/mol. The van der Waals surface area contributed by atoms with E-state index in [0.29, 0.717) is 5.69 Å². The lowest BCUT2D eigenvalue weighted by Crippen LogP contribution is -2.19. The summed E-state index contributed by atoms with van der Waals surface area (Å²) in [4.78, 5) is 29.6. The first-order valence-corrected chi connectivity index (χ1v) is 8.84. The van der Waals surface area contributed by atoms with Crippen molar-refractivity contribution in [2.45, 2.75) is 6.18 Å². The Labute approximate surface area is 171 Å². The first kappa shape index (κ1) is 20.3. The zero-order chi connectivity index (χ0) is 22.3. The van der Waals surface area contributed by atoms with E-state index < -0.39 is 29.0 Å². The van der Waals surface area contributed by atoms with Gasteiger partial charge in [0, 0.05) is 12.7 Å². The Morgan fingerprint density at radius 2 is 1.81 bits per heavy atom. The van der Waals surface area contributed by atoms with Gasteiger partial charge in [-0.1, -0.05) is 6.07 Å². The summed E-state index contributed by atoms with van der Waals surface area (Å²) in [6, 6.07) is 9.15. The summed E-state index contributed by atoms with van der Waals surface area (Å²) >= 11 is 0. The molecule has 7 nitrogen and oxygen atoms in total. The SMILES string of the molecule is Cn1cnc2c(C(=O)Nc3cccc(C(F)(F)F)c3)nn(-c3ccc(F)cc3)c2c1=O. The van der Waals surface area contributed by atoms with Crippen LogP contribution in [0.4, 0.5) is 23.2 Å². The Balaban J connectivity index is 1.81. The smallest absolute Gasteiger partial charge is 0.321 e. The standard InChI is InChI=1S/C20H13F4N5O2/c1-28-10-25-15-16(18(30)26-13-4-2-3-11(9-13)20(22,23)24)27-29(17(15)19(28)31)14-7-5-12(21)6-8-14/h2-10H,1H3,(H,26,30). The van der Waals surface area contributed by atoms with Crippen molar-refractivity contribution < 1.29 is 22.4 Å². The van der Waals surface area contributed by atoms with Gasteiger partial charge in [0.15, 0.2) is 11.2 Å². The minimum atomic E-state index is -4.58. The van der Waals surface area contributed by atoms with Crippen molar-refractivity contribution in [3.05, 3.63) is 82.3 Å². The van der Waals surface area contributed by atoms with Crippen LogP contribution in [-0.2, 0) is 13.2 Å². The molecule has 0 unspecified atom stereocenters. The highest BCUT2D eigenvalue weighted by molar-refractivity contribution is 6.10. The van der Waals surface area contributed by atoms with Gasteiger partial charge in [-0.15, -0.1) is 0 Å². The van der Waals surface area contributed by atoms with E-state index in [1.165, 1.54) is 36.1 Å². The van der Waals surface area contributed by atoms with Gasteiger partial charge in [-0.05, 0) is 42.5 Å². The Kier molecular flexibility index (Phi) is 4.80. The molecule has 0 spiro atoms. The number of carbonyl (C=O) groups is 1. The number of halogens is 4. The van der Waals surface area contributed by atoms with E-state index in [0.717, 1.165) is 35.0 Å². The first-order chi connectivity index (χ1) is 14.6. The molecule has 1 amide bonds. The third kappa shape index (κ3) is 3.77. The maximum atomic E-state index is 13.3. The summed E-state index contributed by atoms with van der Waals surface area (Å²) in [6.07, 6.45) is -3.38. The molecular weight excluding hydrogens is 418 g/mol. The number of anilines is 1. The van der Waals surface area contributed by atoms with E-state index >= 15 is 0 Å². The van der Waals surface area contributed by atoms with Crippen LogP contribution in [0, 0.1) is 5.82 Å². The van der Waals surface area contributed by atoms with Gasteiger partial charge >= 0.3 is 6.18 Å². The highest BCUT2D eigenvalue weighted by Crippen LogP contribution is 2.31. The summed E-state index contributed by atoms with van der Waals surface area (Å²) in [5, 5.41) is 6.49. The third-order valence-corrected chi connectivity index (χ3v) is 4.48. The molecule has 0 aliphatic carbocycles. The number of aromatic nitrogens is 4. The highest BCUT2D eigenvalue weighted by Gasteiger charge is 2.31. The molecule has 0 radical (unpaired) electrons. The van der Waals surface area contributed by atoms with E-state index in [-0.39, 0.29) is 22.4 Å². The lowest BCUT2D eigenvalue weighted by Gasteiger charge is -2.09. The number of aryl methyl sites for hydroxylation is 1. The average Bonchev–Trinajstić information content (AvgIpc) is 3.11. The quantitative estimate of drug-likeness (QED) is 0.504. The Morgan fingerprint density at radius 3 is 2.48 bits per heavy atom. The first-order valence-electron chi connectivity index (χ1n) is 8.84. The fraction of sp³-hybridized carbons (Fsp3) is 0.100. The molecule has 0 saturated heterocycles. The highest BCUT2D eigenvalue weighted by atomic mass is 19.4. The van der Waals surface area contributed by atoms with E-state index in [2.05, 4.69) is 15.4 Å². The van der Waals surface area contributed by atoms with E-state index in [9.17, 15) is 27.2 Å². The second kappa shape index (κ2) is 7.35. The maximum Gasteiger partial charge on any atom is 0.416 e. The van der Waals surface area contributed by atoms with Gasteiger partial charge in [-0.2, -0.15) is 18.3 Å². The second-order valence-corrected chi connectivity index (χ2v) is 6.63. The van der Waals surface area contributed by atoms with Gasteiger partial charge < -0.3 is 9.88 Å². The summed E-state index contributed by atoms with van der Waals surface area (Å²) in [5.74, 6) is -1.36. The maximum absolute atomic E-state index is 13.3. The summed E-state index contributed by atoms with van der Waals surface area (Å²) in [7, 11) is 1.46. The molecule has 4 aromatic rings. The normalized spacial score (nSPS) is 11.6. The predicted octanol–water partition coefficient (Wildman–Crippen LogP) is 3.53. The predicted molar refractivity (Wildman–Crippen MR) is 103 cm³/mol. The molecule has 4 rings (SSSR count). The zero-order valence-corrected chi connectivity index (χ0v) is 15.8. The van der Waals surface area contributed by atoms with Crippen molar-refractivity contribution in [2.24, 2.45) is 7.05 Å². The van der Waals surface area contributed by atoms with E-state index in [1.807, 2.05) is 0 Å². The van der Waals surface area contributed by atoms with Crippen molar-refractivity contribution >= 4 is 22.6 Å². The minimum absolute atomic E-state index is 0.0363. The molecule has 11 heteroatoms. The molecule has 0 saturated carbocycles. The molecule has 0 aliphatic rings. The molecule has 0 bridgehead atoms. The van der Waals surface area contributed by atoms with Gasteiger partial charge in [0.25, 0.3) is 11.5 Å². The van der Waals surface area contributed by atoms with Crippen LogP contribution in [0.25, 0.3) is 16.7 Å². The fourth-order valence-corrected chi connectivity index (χ4v) is 2.97. The lowest BCUT2D eigenvalue weighted by atomic mass is 10.2. The van der Waals surface area contributed by atoms with Crippen molar-refractivity contribution in [1.29, 1.82) is 0 Å². The van der Waals surface area contributed by atoms with Crippen molar-refractivity contribution in [2.75, 3.05) is 5.32 Å². The Morgan fingerprint density at radius 1 is 1.10 bits per heavy atom. The average molecular weight is 431 g/mol. The number of benzene rings is 2. The second-order valence-electron chi connectivity index (χ2n) is 6.63. The molecular formula is C20H13F4N5O2. The fourth-order valence-electron chi connectivity index (χ4n) is 2.97. The molecule has 158 valence electrons. The summed E-state index contributed by atoms with van der Waals surface area (Å²) < 4.78 is 54.4. The van der Waals surface area contributed by atoms with Crippen molar-refractivity contribution in [3.63, 3.8) is 0 Å². The Hall–Kier alpha value is -4.02. The zero-order valence-electron chi connectivity index (χ0n) is 15.8. The molecule has 0 atom stereocenters. The van der Waals surface area contributed by atoms with Gasteiger partial charge in [-0.3, -0.25) is 9.59 Å². The number of carbonyl (C=O) groups excluding carboxylic acids is 1. The molecule has 2 aromatic carbocycles. The number of nitrogens with one attached hydrogen (secondary N) is 1. The number of hydrogen-bond acceptors (Lipinski definition) is 4. The molecule has 2 aromatic heterocycles. The number of fused-ring (bicyclic) bond motifs is 1. The summed E-state index contributed by atoms with van der Waals surface area (Å²) in [6.45, 7) is 0. The number of amides is 1. The number of nitrogens with zero attached hydrogens (tertiary/aromatic N) is 4. The Bertz CT molecular complexity index is 1360. The van der Waals surface area contributed by atoms with Crippen LogP contribution >= 0.6 is 0 Å². The van der Waals surface area contributed by atoms with Crippen LogP contribution in [0.5, 0.6) is 0 Å². The van der Waals surface area contributed by atoms with Gasteiger partial charge in [0.1, 0.15) is 11.3 Å². The van der Waals surface area contributed by atoms with Crippen LogP contribution in [0.3, 0.4) is 0 Å². The van der Waals surface area contributed by atoms with Crippen molar-refractivity contribution in [3.8, 4) is 5.69 Å². The number of rotatable bonds is 3. The van der Waals surface area contributed by atoms with Crippen LogP contribution in [0.1, 0.15) is 16.1 Å². The van der Waals surface area contributed by atoms with E-state index in [1.54, 1.807) is 0 Å². The van der Waals surface area contributed by atoms with Crippen molar-refractivity contribution in [1.82, 2.24) is 19.3 Å². The molecule has 2 heterocycles. The van der Waals surface area contributed by atoms with Gasteiger partial charge in [0.05, 0.1) is 17.6 Å². The molecule has 1 N–H and O–H groups in total. The number of alkyl halides is 3. The van der Waals surface area contributed by atoms with Crippen LogP contribution in [-0.4, -0.2) is 25.2 Å². The van der Waals surface area contributed by atoms with E-state index in [4.69, 9.17) is 0 Å². The topological polar surface area (TPSA) is 81.8 Å². The molecule has 0 fully saturated rings. The van der Waals surface area contributed by atoms with Gasteiger partial charge in [0.2, 0.25) is 0 Å². The van der Waals surface area contributed by atoms with Crippen LogP contribution in [0.2, 0.25) is 0 Å². The van der Waals surface area contributed by atoms with Crippen LogP contribution < -0.4 is 10.9 Å². The lowest BCUT2D eigenvalue weighted by molar-refractivity contribution is -0.137. The minimum Gasteiger partial charge on any atom is -0.321 e. The molecule has 31 heavy (non-hydrogen) atoms. The summed E-state index contributed by atoms with van der Waals surface area (Å²) in [5.41, 5.74) is -1.60. The van der Waals surface area contributed by atoms with Crippen LogP contribution in [0.15, 0.2) is 59.7 Å².